The lowest BCUT2D eigenvalue weighted by Gasteiger charge is -1.97. The predicted octanol–water partition coefficient (Wildman–Crippen LogP) is 6.03. The number of benzene rings is 2. The monoisotopic (exact) mass is 371 g/mol. The van der Waals surface area contributed by atoms with E-state index in [1.54, 1.807) is 18.0 Å². The highest BCUT2D eigenvalue weighted by molar-refractivity contribution is 7.99. The smallest absolute Gasteiger partial charge is 0.276 e. The van der Waals surface area contributed by atoms with Crippen LogP contribution in [0.2, 0.25) is 5.02 Å². The third-order valence-corrected chi connectivity index (χ3v) is 4.63. The fraction of sp³-hybridized carbons (Fsp3) is 0.211. The van der Waals surface area contributed by atoms with E-state index >= 15 is 0 Å². The van der Waals surface area contributed by atoms with E-state index in [4.69, 9.17) is 16.0 Å². The zero-order valence-corrected chi connectivity index (χ0v) is 15.4. The summed E-state index contributed by atoms with van der Waals surface area (Å²) in [6, 6.07) is 15.3. The average molecular weight is 372 g/mol. The van der Waals surface area contributed by atoms with Crippen LogP contribution in [0.4, 0.5) is 5.69 Å². The van der Waals surface area contributed by atoms with E-state index < -0.39 is 0 Å². The number of hydrogen-bond donors (Lipinski definition) is 0. The SMILES string of the molecule is CCCCSc1nnc(-c2ccc(N=Cc3ccc(Cl)cc3)cc2)o1. The van der Waals surface area contributed by atoms with Gasteiger partial charge in [0.25, 0.3) is 5.22 Å². The number of aliphatic imine (C=N–C) groups is 1. The van der Waals surface area contributed by atoms with Gasteiger partial charge in [-0.3, -0.25) is 4.99 Å². The second-order valence-electron chi connectivity index (χ2n) is 5.43. The van der Waals surface area contributed by atoms with Crippen LogP contribution < -0.4 is 0 Å². The Morgan fingerprint density at radius 3 is 2.56 bits per heavy atom. The minimum Gasteiger partial charge on any atom is -0.411 e. The molecule has 6 heteroatoms. The molecule has 0 fully saturated rings. The molecule has 0 spiro atoms. The van der Waals surface area contributed by atoms with Gasteiger partial charge in [-0.1, -0.05) is 48.8 Å². The van der Waals surface area contributed by atoms with Gasteiger partial charge in [-0.2, -0.15) is 0 Å². The summed E-state index contributed by atoms with van der Waals surface area (Å²) in [6.45, 7) is 2.16. The van der Waals surface area contributed by atoms with Crippen LogP contribution in [-0.2, 0) is 0 Å². The first-order valence-corrected chi connectivity index (χ1v) is 9.47. The molecule has 0 amide bonds. The largest absolute Gasteiger partial charge is 0.411 e. The van der Waals surface area contributed by atoms with Crippen molar-refractivity contribution in [3.8, 4) is 11.5 Å². The molecule has 0 unspecified atom stereocenters. The number of nitrogens with zero attached hydrogens (tertiary/aromatic N) is 3. The molecule has 1 heterocycles. The molecule has 0 aliphatic heterocycles. The van der Waals surface area contributed by atoms with Crippen LogP contribution in [0.1, 0.15) is 25.3 Å². The first-order valence-electron chi connectivity index (χ1n) is 8.11. The van der Waals surface area contributed by atoms with E-state index in [0.29, 0.717) is 16.1 Å². The molecule has 4 nitrogen and oxygen atoms in total. The van der Waals surface area contributed by atoms with Crippen molar-refractivity contribution >= 4 is 35.3 Å². The lowest BCUT2D eigenvalue weighted by atomic mass is 10.2. The van der Waals surface area contributed by atoms with Crippen LogP contribution in [0.25, 0.3) is 11.5 Å². The molecule has 0 radical (unpaired) electrons. The van der Waals surface area contributed by atoms with E-state index in [1.807, 2.05) is 48.5 Å². The summed E-state index contributed by atoms with van der Waals surface area (Å²) in [5.74, 6) is 1.53. The molecule has 0 atom stereocenters. The number of thioether (sulfide) groups is 1. The summed E-state index contributed by atoms with van der Waals surface area (Å²) in [5, 5.41) is 9.52. The molecule has 0 bridgehead atoms. The molecular formula is C19H18ClN3OS. The molecule has 0 saturated heterocycles. The quantitative estimate of drug-likeness (QED) is 0.289. The molecule has 2 aromatic carbocycles. The normalized spacial score (nSPS) is 11.3. The third kappa shape index (κ3) is 5.18. The highest BCUT2D eigenvalue weighted by atomic mass is 35.5. The van der Waals surface area contributed by atoms with Crippen molar-refractivity contribution in [2.24, 2.45) is 4.99 Å². The van der Waals surface area contributed by atoms with Gasteiger partial charge in [0.2, 0.25) is 5.89 Å². The van der Waals surface area contributed by atoms with Gasteiger partial charge in [-0.25, -0.2) is 0 Å². The van der Waals surface area contributed by atoms with Crippen molar-refractivity contribution in [3.05, 3.63) is 59.1 Å². The lowest BCUT2D eigenvalue weighted by Crippen LogP contribution is -1.80. The molecule has 0 N–H and O–H groups in total. The Morgan fingerprint density at radius 2 is 1.84 bits per heavy atom. The number of aromatic nitrogens is 2. The van der Waals surface area contributed by atoms with E-state index in [2.05, 4.69) is 22.1 Å². The maximum atomic E-state index is 5.88. The van der Waals surface area contributed by atoms with Crippen LogP contribution >= 0.6 is 23.4 Å². The maximum absolute atomic E-state index is 5.88. The summed E-state index contributed by atoms with van der Waals surface area (Å²) in [6.07, 6.45) is 4.11. The second-order valence-corrected chi connectivity index (χ2v) is 6.91. The number of halogens is 1. The van der Waals surface area contributed by atoms with Gasteiger partial charge in [0, 0.05) is 22.6 Å². The Morgan fingerprint density at radius 1 is 1.08 bits per heavy atom. The van der Waals surface area contributed by atoms with E-state index in [0.717, 1.165) is 35.4 Å². The molecule has 0 aliphatic rings. The fourth-order valence-electron chi connectivity index (χ4n) is 2.08. The van der Waals surface area contributed by atoms with Crippen LogP contribution in [0.15, 0.2) is 63.2 Å². The first kappa shape index (κ1) is 17.7. The van der Waals surface area contributed by atoms with Crippen molar-refractivity contribution in [3.63, 3.8) is 0 Å². The summed E-state index contributed by atoms with van der Waals surface area (Å²) in [7, 11) is 0. The topological polar surface area (TPSA) is 51.3 Å². The summed E-state index contributed by atoms with van der Waals surface area (Å²) in [4.78, 5) is 4.46. The van der Waals surface area contributed by atoms with Gasteiger partial charge in [-0.05, 0) is 48.4 Å². The molecule has 25 heavy (non-hydrogen) atoms. The Kier molecular flexibility index (Phi) is 6.25. The number of rotatable bonds is 7. The molecular weight excluding hydrogens is 354 g/mol. The zero-order valence-electron chi connectivity index (χ0n) is 13.9. The summed E-state index contributed by atoms with van der Waals surface area (Å²) in [5.41, 5.74) is 2.75. The van der Waals surface area contributed by atoms with E-state index in [-0.39, 0.29) is 0 Å². The van der Waals surface area contributed by atoms with Crippen LogP contribution in [0.3, 0.4) is 0 Å². The van der Waals surface area contributed by atoms with Gasteiger partial charge >= 0.3 is 0 Å². The minimum atomic E-state index is 0.534. The van der Waals surface area contributed by atoms with Crippen molar-refractivity contribution in [2.45, 2.75) is 25.0 Å². The van der Waals surface area contributed by atoms with E-state index in [9.17, 15) is 0 Å². The highest BCUT2D eigenvalue weighted by Gasteiger charge is 2.08. The van der Waals surface area contributed by atoms with Crippen molar-refractivity contribution in [1.29, 1.82) is 0 Å². The zero-order chi connectivity index (χ0) is 17.5. The van der Waals surface area contributed by atoms with Crippen molar-refractivity contribution < 1.29 is 4.42 Å². The van der Waals surface area contributed by atoms with Crippen LogP contribution in [0.5, 0.6) is 0 Å². The third-order valence-electron chi connectivity index (χ3n) is 3.48. The lowest BCUT2D eigenvalue weighted by molar-refractivity contribution is 0.466. The van der Waals surface area contributed by atoms with Gasteiger partial charge in [0.1, 0.15) is 0 Å². The molecule has 0 saturated carbocycles. The van der Waals surface area contributed by atoms with Crippen molar-refractivity contribution in [2.75, 3.05) is 5.75 Å². The van der Waals surface area contributed by atoms with Gasteiger partial charge < -0.3 is 4.42 Å². The van der Waals surface area contributed by atoms with Crippen LogP contribution in [-0.4, -0.2) is 22.2 Å². The molecule has 0 aliphatic carbocycles. The predicted molar refractivity (Wildman–Crippen MR) is 104 cm³/mol. The van der Waals surface area contributed by atoms with Gasteiger partial charge in [0.15, 0.2) is 0 Å². The Bertz CT molecular complexity index is 829. The Balaban J connectivity index is 1.64. The molecule has 128 valence electrons. The van der Waals surface area contributed by atoms with Crippen molar-refractivity contribution in [1.82, 2.24) is 10.2 Å². The number of unbranched alkanes of at least 4 members (excludes halogenated alkanes) is 1. The van der Waals surface area contributed by atoms with Gasteiger partial charge in [0.05, 0.1) is 5.69 Å². The van der Waals surface area contributed by atoms with Gasteiger partial charge in [-0.15, -0.1) is 10.2 Å². The highest BCUT2D eigenvalue weighted by Crippen LogP contribution is 2.25. The maximum Gasteiger partial charge on any atom is 0.276 e. The summed E-state index contributed by atoms with van der Waals surface area (Å²) >= 11 is 7.47. The minimum absolute atomic E-state index is 0.534. The second kappa shape index (κ2) is 8.83. The number of hydrogen-bond acceptors (Lipinski definition) is 5. The first-order chi connectivity index (χ1) is 12.2. The fourth-order valence-corrected chi connectivity index (χ4v) is 3.05. The van der Waals surface area contributed by atoms with Crippen LogP contribution in [0, 0.1) is 0 Å². The Labute approximate surface area is 156 Å². The molecule has 1 aromatic heterocycles. The average Bonchev–Trinajstić information content (AvgIpc) is 3.11. The Hall–Kier alpha value is -2.11. The standard InChI is InChI=1S/C19H18ClN3OS/c1-2-3-12-25-19-23-22-18(24-19)15-6-10-17(11-7-15)21-13-14-4-8-16(20)9-5-14/h4-11,13H,2-3,12H2,1H3. The van der Waals surface area contributed by atoms with E-state index in [1.165, 1.54) is 0 Å². The molecule has 3 aromatic rings. The summed E-state index contributed by atoms with van der Waals surface area (Å²) < 4.78 is 5.69. The molecule has 3 rings (SSSR count).